The van der Waals surface area contributed by atoms with Gasteiger partial charge in [-0.15, -0.1) is 16.4 Å². The van der Waals surface area contributed by atoms with E-state index in [2.05, 4.69) is 44.6 Å². The van der Waals surface area contributed by atoms with E-state index in [0.717, 1.165) is 62.8 Å². The van der Waals surface area contributed by atoms with E-state index in [4.69, 9.17) is 16.6 Å². The van der Waals surface area contributed by atoms with Crippen molar-refractivity contribution in [2.45, 2.75) is 44.8 Å². The Morgan fingerprint density at radius 2 is 1.92 bits per heavy atom. The molecule has 3 aromatic heterocycles. The maximum Gasteiger partial charge on any atom is 0.239 e. The molecule has 36 heavy (non-hydrogen) atoms. The minimum absolute atomic E-state index is 0.0381. The smallest absolute Gasteiger partial charge is 0.239 e. The molecule has 1 unspecified atom stereocenters. The molecule has 0 bridgehead atoms. The van der Waals surface area contributed by atoms with Gasteiger partial charge in [0.05, 0.1) is 21.5 Å². The molecule has 1 saturated heterocycles. The van der Waals surface area contributed by atoms with Gasteiger partial charge in [-0.2, -0.15) is 5.10 Å². The van der Waals surface area contributed by atoms with Crippen LogP contribution in [0.2, 0.25) is 5.02 Å². The van der Waals surface area contributed by atoms with E-state index < -0.39 is 0 Å². The first-order chi connectivity index (χ1) is 17.5. The lowest BCUT2D eigenvalue weighted by Gasteiger charge is -2.21. The number of thioether (sulfide) groups is 1. The third-order valence-electron chi connectivity index (χ3n) is 6.59. The minimum Gasteiger partial charge on any atom is -0.322 e. The van der Waals surface area contributed by atoms with Crippen molar-refractivity contribution in [1.82, 2.24) is 14.9 Å². The summed E-state index contributed by atoms with van der Waals surface area (Å²) in [4.78, 5) is 19.1. The summed E-state index contributed by atoms with van der Waals surface area (Å²) in [6.07, 6.45) is 8.45. The van der Waals surface area contributed by atoms with Crippen LogP contribution in [0.4, 0.5) is 0 Å². The number of hydrogen-bond acceptors (Lipinski definition) is 6. The Morgan fingerprint density at radius 3 is 2.64 bits per heavy atom. The summed E-state index contributed by atoms with van der Waals surface area (Å²) >= 11 is 9.29. The topological polar surface area (TPSA) is 71.6 Å². The number of benzene rings is 1. The lowest BCUT2D eigenvalue weighted by molar-refractivity contribution is -0.118. The number of fused-ring (bicyclic) bond motifs is 2. The molecule has 1 atom stereocenters. The van der Waals surface area contributed by atoms with Gasteiger partial charge in [-0.3, -0.25) is 4.79 Å². The summed E-state index contributed by atoms with van der Waals surface area (Å²) in [6, 6.07) is 12.2. The molecule has 1 aliphatic carbocycles. The summed E-state index contributed by atoms with van der Waals surface area (Å²) in [7, 11) is 0. The maximum atomic E-state index is 11.9. The van der Waals surface area contributed by atoms with E-state index >= 15 is 0 Å². The first-order valence-electron chi connectivity index (χ1n) is 12.0. The SMILES string of the molecule is C/C(=N\N=C1\NC(=O)C(C)S1)c1sc2nc3c(c(-c4ccc(Cl)cc4)c2c1-n1cccc1)CCCC3. The fraction of sp³-hybridized carbons (Fsp3) is 0.259. The predicted octanol–water partition coefficient (Wildman–Crippen LogP) is 6.62. The summed E-state index contributed by atoms with van der Waals surface area (Å²) < 4.78 is 2.14. The second kappa shape index (κ2) is 9.50. The van der Waals surface area contributed by atoms with Gasteiger partial charge in [0.2, 0.25) is 5.91 Å². The van der Waals surface area contributed by atoms with Crippen molar-refractivity contribution in [3.63, 3.8) is 0 Å². The molecule has 1 N–H and O–H groups in total. The van der Waals surface area contributed by atoms with Crippen LogP contribution >= 0.6 is 34.7 Å². The average Bonchev–Trinajstić information content (AvgIpc) is 3.61. The number of pyridine rings is 1. The number of carbonyl (C=O) groups is 1. The summed E-state index contributed by atoms with van der Waals surface area (Å²) in [5, 5.41) is 13.9. The van der Waals surface area contributed by atoms with E-state index in [9.17, 15) is 4.79 Å². The number of aromatic nitrogens is 2. The Bertz CT molecular complexity index is 1540. The van der Waals surface area contributed by atoms with Crippen molar-refractivity contribution in [3.8, 4) is 16.8 Å². The van der Waals surface area contributed by atoms with Crippen LogP contribution in [-0.4, -0.2) is 31.6 Å². The van der Waals surface area contributed by atoms with E-state index in [-0.39, 0.29) is 11.2 Å². The van der Waals surface area contributed by atoms with Crippen molar-refractivity contribution >= 4 is 61.7 Å². The highest BCUT2D eigenvalue weighted by Crippen LogP contribution is 2.44. The first-order valence-corrected chi connectivity index (χ1v) is 14.0. The maximum absolute atomic E-state index is 11.9. The molecule has 1 aliphatic heterocycles. The van der Waals surface area contributed by atoms with Crippen molar-refractivity contribution in [2.24, 2.45) is 10.2 Å². The fourth-order valence-electron chi connectivity index (χ4n) is 4.85. The van der Waals surface area contributed by atoms with Crippen LogP contribution in [0.3, 0.4) is 0 Å². The minimum atomic E-state index is -0.156. The number of rotatable bonds is 4. The van der Waals surface area contributed by atoms with Gasteiger partial charge >= 0.3 is 0 Å². The molecular formula is C27H24ClN5OS2. The quantitative estimate of drug-likeness (QED) is 0.237. The molecule has 6 rings (SSSR count). The standard InChI is InChI=1S/C27H24ClN5OS2/c1-15(31-32-27-30-25(34)16(2)35-27)24-23(33-13-5-6-14-33)22-21(17-9-11-18(28)12-10-17)19-7-3-4-8-20(19)29-26(22)36-24/h5-6,9-14,16H,3-4,7-8H2,1-2H3,(H,30,32,34)/b31-15+. The highest BCUT2D eigenvalue weighted by Gasteiger charge is 2.27. The van der Waals surface area contributed by atoms with E-state index in [1.165, 1.54) is 28.6 Å². The fourth-order valence-corrected chi connectivity index (χ4v) is 6.87. The summed E-state index contributed by atoms with van der Waals surface area (Å²) in [5.74, 6) is -0.0381. The summed E-state index contributed by atoms with van der Waals surface area (Å²) in [5.41, 5.74) is 6.76. The number of nitrogens with one attached hydrogen (secondary N) is 1. The second-order valence-corrected chi connectivity index (χ2v) is 11.8. The molecular weight excluding hydrogens is 510 g/mol. The van der Waals surface area contributed by atoms with Crippen molar-refractivity contribution in [1.29, 1.82) is 0 Å². The van der Waals surface area contributed by atoms with Crippen LogP contribution in [-0.2, 0) is 17.6 Å². The second-order valence-electron chi connectivity index (χ2n) is 9.02. The Labute approximate surface area is 222 Å². The van der Waals surface area contributed by atoms with Crippen LogP contribution in [0, 0.1) is 0 Å². The van der Waals surface area contributed by atoms with Gasteiger partial charge in [0.15, 0.2) is 5.17 Å². The monoisotopic (exact) mass is 533 g/mol. The van der Waals surface area contributed by atoms with Crippen molar-refractivity contribution < 1.29 is 4.79 Å². The summed E-state index contributed by atoms with van der Waals surface area (Å²) in [6.45, 7) is 3.83. The van der Waals surface area contributed by atoms with Gasteiger partial charge in [-0.05, 0) is 80.5 Å². The van der Waals surface area contributed by atoms with Crippen molar-refractivity contribution in [2.75, 3.05) is 0 Å². The Balaban J connectivity index is 1.61. The number of halogens is 1. The Morgan fingerprint density at radius 1 is 1.17 bits per heavy atom. The lowest BCUT2D eigenvalue weighted by atomic mass is 9.87. The number of thiophene rings is 1. The number of hydrogen-bond donors (Lipinski definition) is 1. The lowest BCUT2D eigenvalue weighted by Crippen LogP contribution is -2.23. The normalized spacial score (nSPS) is 19.2. The highest BCUT2D eigenvalue weighted by atomic mass is 35.5. The zero-order chi connectivity index (χ0) is 24.8. The van der Waals surface area contributed by atoms with Gasteiger partial charge in [0, 0.05) is 28.5 Å². The third kappa shape index (κ3) is 4.17. The molecule has 0 radical (unpaired) electrons. The number of amidine groups is 1. The molecule has 0 saturated carbocycles. The molecule has 1 amide bonds. The molecule has 6 nitrogen and oxygen atoms in total. The molecule has 0 spiro atoms. The van der Waals surface area contributed by atoms with Gasteiger partial charge in [-0.25, -0.2) is 4.98 Å². The molecule has 1 fully saturated rings. The van der Waals surface area contributed by atoms with Crippen LogP contribution in [0.15, 0.2) is 59.0 Å². The predicted molar refractivity (Wildman–Crippen MR) is 151 cm³/mol. The van der Waals surface area contributed by atoms with E-state index in [0.29, 0.717) is 5.17 Å². The average molecular weight is 534 g/mol. The molecule has 9 heteroatoms. The van der Waals surface area contributed by atoms with Gasteiger partial charge in [0.25, 0.3) is 0 Å². The third-order valence-corrected chi connectivity index (χ3v) is 9.00. The number of amides is 1. The number of nitrogens with zero attached hydrogens (tertiary/aromatic N) is 4. The van der Waals surface area contributed by atoms with E-state index in [1.54, 1.807) is 11.3 Å². The number of carbonyl (C=O) groups excluding carboxylic acids is 1. The molecule has 182 valence electrons. The molecule has 1 aromatic carbocycles. The van der Waals surface area contributed by atoms with Gasteiger partial charge < -0.3 is 9.88 Å². The zero-order valence-electron chi connectivity index (χ0n) is 19.9. The van der Waals surface area contributed by atoms with Gasteiger partial charge in [-0.1, -0.05) is 35.5 Å². The largest absolute Gasteiger partial charge is 0.322 e. The molecule has 4 aromatic rings. The Hall–Kier alpha value is -2.94. The Kier molecular flexibility index (Phi) is 6.19. The molecule has 2 aliphatic rings. The van der Waals surface area contributed by atoms with Crippen LogP contribution in [0.1, 0.15) is 42.8 Å². The van der Waals surface area contributed by atoms with Crippen LogP contribution < -0.4 is 5.32 Å². The van der Waals surface area contributed by atoms with Crippen molar-refractivity contribution in [3.05, 3.63) is 69.9 Å². The van der Waals surface area contributed by atoms with E-state index in [1.807, 2.05) is 38.1 Å². The van der Waals surface area contributed by atoms with Crippen LogP contribution in [0.5, 0.6) is 0 Å². The van der Waals surface area contributed by atoms with Gasteiger partial charge in [0.1, 0.15) is 4.83 Å². The van der Waals surface area contributed by atoms with Crippen LogP contribution in [0.25, 0.3) is 27.0 Å². The molecule has 4 heterocycles. The first kappa shape index (κ1) is 23.5. The zero-order valence-corrected chi connectivity index (χ0v) is 22.3. The highest BCUT2D eigenvalue weighted by molar-refractivity contribution is 8.15. The number of aryl methyl sites for hydroxylation is 1.